The molecule has 0 atom stereocenters. The van der Waals surface area contributed by atoms with Crippen molar-refractivity contribution in [2.75, 3.05) is 26.5 Å². The van der Waals surface area contributed by atoms with E-state index < -0.39 is 16.4 Å². The zero-order chi connectivity index (χ0) is 20.3. The summed E-state index contributed by atoms with van der Waals surface area (Å²) in [5.74, 6) is -0.323. The second-order valence-electron chi connectivity index (χ2n) is 6.60. The number of hydrogen-bond donors (Lipinski definition) is 1. The van der Waals surface area contributed by atoms with Crippen LogP contribution in [-0.4, -0.2) is 50.3 Å². The molecule has 1 N–H and O–H groups in total. The predicted molar refractivity (Wildman–Crippen MR) is 107 cm³/mol. The maximum Gasteiger partial charge on any atom is 0.264 e. The van der Waals surface area contributed by atoms with Crippen molar-refractivity contribution in [1.29, 1.82) is 0 Å². The first-order valence-corrected chi connectivity index (χ1v) is 11.3. The Bertz CT molecular complexity index is 949. The number of hydrogen-bond acceptors (Lipinski definition) is 6. The van der Waals surface area contributed by atoms with Gasteiger partial charge in [0.05, 0.1) is 10.6 Å². The van der Waals surface area contributed by atoms with Gasteiger partial charge in [-0.2, -0.15) is 8.42 Å². The molecular formula is C19H23NO6S2. The van der Waals surface area contributed by atoms with Gasteiger partial charge in [-0.05, 0) is 48.2 Å². The maximum atomic E-state index is 12.5. The van der Waals surface area contributed by atoms with Crippen LogP contribution in [0.15, 0.2) is 30.3 Å². The summed E-state index contributed by atoms with van der Waals surface area (Å²) in [5.41, 5.74) is 2.67. The lowest BCUT2D eigenvalue weighted by Gasteiger charge is -2.14. The lowest BCUT2D eigenvalue weighted by molar-refractivity contribution is -0.103. The Morgan fingerprint density at radius 1 is 1.18 bits per heavy atom. The maximum absolute atomic E-state index is 12.5. The van der Waals surface area contributed by atoms with Gasteiger partial charge in [-0.15, -0.1) is 11.3 Å². The third-order valence-electron chi connectivity index (χ3n) is 4.64. The van der Waals surface area contributed by atoms with Crippen LogP contribution in [0.5, 0.6) is 0 Å². The monoisotopic (exact) mass is 425 g/mol. The molecule has 2 aromatic rings. The van der Waals surface area contributed by atoms with Crippen molar-refractivity contribution in [3.05, 3.63) is 46.3 Å². The second kappa shape index (κ2) is 8.71. The van der Waals surface area contributed by atoms with Crippen LogP contribution in [0.2, 0.25) is 0 Å². The van der Waals surface area contributed by atoms with Gasteiger partial charge >= 0.3 is 0 Å². The van der Waals surface area contributed by atoms with E-state index in [1.54, 1.807) is 30.5 Å². The van der Waals surface area contributed by atoms with E-state index in [1.165, 1.54) is 0 Å². The smallest absolute Gasteiger partial charge is 0.264 e. The molecule has 1 aliphatic rings. The zero-order valence-electron chi connectivity index (χ0n) is 15.8. The molecule has 0 saturated heterocycles. The summed E-state index contributed by atoms with van der Waals surface area (Å²) >= 11 is 1.58. The van der Waals surface area contributed by atoms with Crippen LogP contribution < -0.4 is 0 Å². The molecule has 9 heteroatoms. The van der Waals surface area contributed by atoms with Crippen LogP contribution in [-0.2, 0) is 26.1 Å². The average molecular weight is 426 g/mol. The summed E-state index contributed by atoms with van der Waals surface area (Å²) in [5, 5.41) is 0. The summed E-state index contributed by atoms with van der Waals surface area (Å²) in [4.78, 5) is 16.3. The number of fused-ring (bicyclic) bond motifs is 1. The highest BCUT2D eigenvalue weighted by Crippen LogP contribution is 2.35. The molecule has 152 valence electrons. The molecule has 0 unspecified atom stereocenters. The number of ether oxygens (including phenoxy) is 2. The lowest BCUT2D eigenvalue weighted by Crippen LogP contribution is -2.25. The predicted octanol–water partition coefficient (Wildman–Crippen LogP) is 3.33. The van der Waals surface area contributed by atoms with Crippen LogP contribution >= 0.6 is 11.3 Å². The molecule has 1 aromatic carbocycles. The Morgan fingerprint density at radius 2 is 1.93 bits per heavy atom. The van der Waals surface area contributed by atoms with Crippen LogP contribution in [0.3, 0.4) is 0 Å². The minimum Gasteiger partial charge on any atom is -0.351 e. The number of rotatable bonds is 9. The minimum absolute atomic E-state index is 0.0425. The van der Waals surface area contributed by atoms with Crippen molar-refractivity contribution in [3.63, 3.8) is 0 Å². The summed E-state index contributed by atoms with van der Waals surface area (Å²) in [6.45, 7) is 0.968. The van der Waals surface area contributed by atoms with Crippen molar-refractivity contribution in [2.45, 2.75) is 25.7 Å². The molecule has 28 heavy (non-hydrogen) atoms. The molecule has 0 radical (unpaired) electrons. The Balaban J connectivity index is 1.68. The Kier molecular flexibility index (Phi) is 6.51. The van der Waals surface area contributed by atoms with E-state index in [0.717, 1.165) is 20.9 Å². The quantitative estimate of drug-likeness (QED) is 0.376. The number of thiophene rings is 1. The van der Waals surface area contributed by atoms with E-state index in [-0.39, 0.29) is 11.7 Å². The zero-order valence-corrected chi connectivity index (χ0v) is 17.4. The van der Waals surface area contributed by atoms with E-state index in [9.17, 15) is 13.2 Å². The SMILES string of the molecule is COC(OC)c1ccc(-c2ccc3c(c2)CN(CCCCS(=O)(=O)O)C3=O)s1. The normalized spacial score (nSPS) is 14.1. The first kappa shape index (κ1) is 20.9. The third kappa shape index (κ3) is 4.79. The largest absolute Gasteiger partial charge is 0.351 e. The molecule has 1 aromatic heterocycles. The highest BCUT2D eigenvalue weighted by atomic mass is 32.2. The molecule has 0 fully saturated rings. The van der Waals surface area contributed by atoms with Gasteiger partial charge in [0.2, 0.25) is 0 Å². The number of methoxy groups -OCH3 is 2. The van der Waals surface area contributed by atoms with Crippen molar-refractivity contribution in [2.24, 2.45) is 0 Å². The second-order valence-corrected chi connectivity index (χ2v) is 9.28. The average Bonchev–Trinajstić information content (AvgIpc) is 3.24. The van der Waals surface area contributed by atoms with Gasteiger partial charge in [0.1, 0.15) is 0 Å². The Morgan fingerprint density at radius 3 is 2.61 bits per heavy atom. The molecule has 1 amide bonds. The fourth-order valence-corrected chi connectivity index (χ4v) is 4.89. The van der Waals surface area contributed by atoms with E-state index in [4.69, 9.17) is 14.0 Å². The molecule has 0 aliphatic carbocycles. The first-order chi connectivity index (χ1) is 13.3. The molecule has 1 aliphatic heterocycles. The molecule has 7 nitrogen and oxygen atoms in total. The molecule has 0 saturated carbocycles. The van der Waals surface area contributed by atoms with Crippen molar-refractivity contribution < 1.29 is 27.2 Å². The highest BCUT2D eigenvalue weighted by molar-refractivity contribution is 7.85. The van der Waals surface area contributed by atoms with Gasteiger partial charge in [0, 0.05) is 37.7 Å². The minimum atomic E-state index is -3.95. The number of amides is 1. The van der Waals surface area contributed by atoms with E-state index in [2.05, 4.69) is 0 Å². The number of carbonyl (C=O) groups is 1. The summed E-state index contributed by atoms with van der Waals surface area (Å²) in [6.07, 6.45) is 0.450. The van der Waals surface area contributed by atoms with Crippen molar-refractivity contribution >= 4 is 27.4 Å². The van der Waals surface area contributed by atoms with Gasteiger partial charge < -0.3 is 14.4 Å². The van der Waals surface area contributed by atoms with Gasteiger partial charge in [0.15, 0.2) is 6.29 Å². The number of unbranched alkanes of at least 4 members (excludes halogenated alkanes) is 1. The topological polar surface area (TPSA) is 93.1 Å². The summed E-state index contributed by atoms with van der Waals surface area (Å²) in [6, 6.07) is 9.78. The van der Waals surface area contributed by atoms with Crippen molar-refractivity contribution in [3.8, 4) is 10.4 Å². The van der Waals surface area contributed by atoms with Crippen LogP contribution in [0.4, 0.5) is 0 Å². The van der Waals surface area contributed by atoms with Gasteiger partial charge in [-0.25, -0.2) is 0 Å². The van der Waals surface area contributed by atoms with Crippen LogP contribution in [0.1, 0.15) is 39.9 Å². The highest BCUT2D eigenvalue weighted by Gasteiger charge is 2.27. The fourth-order valence-electron chi connectivity index (χ4n) is 3.27. The molecule has 0 spiro atoms. The summed E-state index contributed by atoms with van der Waals surface area (Å²) < 4.78 is 40.9. The van der Waals surface area contributed by atoms with Crippen LogP contribution in [0.25, 0.3) is 10.4 Å². The third-order valence-corrected chi connectivity index (χ3v) is 6.60. The van der Waals surface area contributed by atoms with Gasteiger partial charge in [-0.3, -0.25) is 9.35 Å². The number of nitrogens with zero attached hydrogens (tertiary/aromatic N) is 1. The van der Waals surface area contributed by atoms with Crippen LogP contribution in [0, 0.1) is 0 Å². The van der Waals surface area contributed by atoms with E-state index >= 15 is 0 Å². The standard InChI is InChI=1S/C19H23NO6S2/c1-25-19(26-2)17-8-7-16(27-17)13-5-6-15-14(11-13)12-20(18(15)21)9-3-4-10-28(22,23)24/h5-8,11,19H,3-4,9-10,12H2,1-2H3,(H,22,23,24). The van der Waals surface area contributed by atoms with Gasteiger partial charge in [-0.1, -0.05) is 6.07 Å². The molecular weight excluding hydrogens is 402 g/mol. The molecule has 3 rings (SSSR count). The lowest BCUT2D eigenvalue weighted by atomic mass is 10.1. The number of carbonyl (C=O) groups excluding carboxylic acids is 1. The molecule has 2 heterocycles. The van der Waals surface area contributed by atoms with Crippen molar-refractivity contribution in [1.82, 2.24) is 4.90 Å². The first-order valence-electron chi connectivity index (χ1n) is 8.85. The van der Waals surface area contributed by atoms with Gasteiger partial charge in [0.25, 0.3) is 16.0 Å². The molecule has 0 bridgehead atoms. The summed E-state index contributed by atoms with van der Waals surface area (Å²) in [7, 11) is -0.759. The Hall–Kier alpha value is -1.78. The number of benzene rings is 1. The fraction of sp³-hybridized carbons (Fsp3) is 0.421. The van der Waals surface area contributed by atoms with E-state index in [1.807, 2.05) is 30.3 Å². The van der Waals surface area contributed by atoms with E-state index in [0.29, 0.717) is 31.5 Å². The Labute approximate surface area is 168 Å².